The first-order valence-corrected chi connectivity index (χ1v) is 8.59. The molecular weight excluding hydrogens is 299 g/mol. The highest BCUT2D eigenvalue weighted by atomic mass is 19.1. The molecule has 0 aromatic heterocycles. The number of rotatable bonds is 3. The van der Waals surface area contributed by atoms with E-state index in [4.69, 9.17) is 5.73 Å². The van der Waals surface area contributed by atoms with Crippen molar-refractivity contribution in [1.82, 2.24) is 4.90 Å². The Morgan fingerprint density at radius 1 is 0.958 bits per heavy atom. The molecule has 3 rings (SSSR count). The van der Waals surface area contributed by atoms with Gasteiger partial charge in [0.1, 0.15) is 5.82 Å². The number of nitrogens with zero attached hydrogens (tertiary/aromatic N) is 1. The molecule has 0 atom stereocenters. The molecule has 1 saturated heterocycles. The Labute approximate surface area is 143 Å². The molecule has 0 spiro atoms. The van der Waals surface area contributed by atoms with E-state index in [1.54, 1.807) is 12.1 Å². The molecule has 0 saturated carbocycles. The van der Waals surface area contributed by atoms with E-state index in [1.807, 2.05) is 12.1 Å². The van der Waals surface area contributed by atoms with Gasteiger partial charge in [0.2, 0.25) is 0 Å². The van der Waals surface area contributed by atoms with E-state index in [1.165, 1.54) is 50.0 Å². The standard InChI is InChI=1S/C21H23FN2/c22-20-9-5-17(6-10-20)4-7-19-16-21(23)11-8-18(19)12-15-24-13-2-1-3-14-24/h5-6,8-11,16H,1-3,12-15,23H2. The Balaban J connectivity index is 1.74. The first-order valence-electron chi connectivity index (χ1n) is 8.59. The second kappa shape index (κ2) is 7.99. The molecule has 1 heterocycles. The average Bonchev–Trinajstić information content (AvgIpc) is 2.61. The maximum atomic E-state index is 13.0. The van der Waals surface area contributed by atoms with Crippen LogP contribution in [0.2, 0.25) is 0 Å². The lowest BCUT2D eigenvalue weighted by molar-refractivity contribution is 0.231. The number of nitrogens with two attached hydrogens (primary N) is 1. The van der Waals surface area contributed by atoms with E-state index < -0.39 is 0 Å². The summed E-state index contributed by atoms with van der Waals surface area (Å²) in [6.07, 6.45) is 4.94. The number of halogens is 1. The van der Waals surface area contributed by atoms with Crippen LogP contribution in [0, 0.1) is 17.7 Å². The van der Waals surface area contributed by atoms with E-state index in [-0.39, 0.29) is 5.82 Å². The molecule has 24 heavy (non-hydrogen) atoms. The maximum absolute atomic E-state index is 13.0. The zero-order valence-electron chi connectivity index (χ0n) is 13.9. The summed E-state index contributed by atoms with van der Waals surface area (Å²) in [5, 5.41) is 0. The van der Waals surface area contributed by atoms with Crippen LogP contribution in [0.5, 0.6) is 0 Å². The van der Waals surface area contributed by atoms with E-state index in [0.29, 0.717) is 0 Å². The number of benzene rings is 2. The van der Waals surface area contributed by atoms with Gasteiger partial charge in [-0.15, -0.1) is 0 Å². The van der Waals surface area contributed by atoms with Crippen molar-refractivity contribution in [2.24, 2.45) is 0 Å². The van der Waals surface area contributed by atoms with Gasteiger partial charge >= 0.3 is 0 Å². The Morgan fingerprint density at radius 3 is 2.46 bits per heavy atom. The van der Waals surface area contributed by atoms with Crippen LogP contribution < -0.4 is 5.73 Å². The Morgan fingerprint density at radius 2 is 1.71 bits per heavy atom. The number of likely N-dealkylation sites (tertiary alicyclic amines) is 1. The molecule has 2 N–H and O–H groups in total. The normalized spacial score (nSPS) is 14.9. The van der Waals surface area contributed by atoms with Crippen LogP contribution in [0.4, 0.5) is 10.1 Å². The minimum Gasteiger partial charge on any atom is -0.399 e. The van der Waals surface area contributed by atoms with E-state index >= 15 is 0 Å². The summed E-state index contributed by atoms with van der Waals surface area (Å²) in [5.74, 6) is 6.07. The van der Waals surface area contributed by atoms with Gasteiger partial charge in [0, 0.05) is 23.4 Å². The molecule has 2 nitrogen and oxygen atoms in total. The fourth-order valence-corrected chi connectivity index (χ4v) is 3.06. The summed E-state index contributed by atoms with van der Waals surface area (Å²) >= 11 is 0. The number of nitrogen functional groups attached to an aromatic ring is 1. The van der Waals surface area contributed by atoms with Crippen molar-refractivity contribution in [3.63, 3.8) is 0 Å². The van der Waals surface area contributed by atoms with Crippen LogP contribution in [0.15, 0.2) is 42.5 Å². The van der Waals surface area contributed by atoms with Gasteiger partial charge < -0.3 is 10.6 Å². The topological polar surface area (TPSA) is 29.3 Å². The van der Waals surface area contributed by atoms with Crippen molar-refractivity contribution in [3.05, 3.63) is 65.0 Å². The van der Waals surface area contributed by atoms with Crippen molar-refractivity contribution in [3.8, 4) is 11.8 Å². The third kappa shape index (κ3) is 4.59. The number of anilines is 1. The zero-order chi connectivity index (χ0) is 16.8. The minimum atomic E-state index is -0.244. The van der Waals surface area contributed by atoms with E-state index in [0.717, 1.165) is 29.8 Å². The fraction of sp³-hybridized carbons (Fsp3) is 0.333. The largest absolute Gasteiger partial charge is 0.399 e. The third-order valence-electron chi connectivity index (χ3n) is 4.47. The molecule has 1 aliphatic heterocycles. The SMILES string of the molecule is Nc1ccc(CCN2CCCCC2)c(C#Cc2ccc(F)cc2)c1. The summed E-state index contributed by atoms with van der Waals surface area (Å²) in [5.41, 5.74) is 9.65. The lowest BCUT2D eigenvalue weighted by Crippen LogP contribution is -2.31. The minimum absolute atomic E-state index is 0.244. The van der Waals surface area contributed by atoms with Crippen molar-refractivity contribution in [2.45, 2.75) is 25.7 Å². The predicted molar refractivity (Wildman–Crippen MR) is 97.2 cm³/mol. The molecular formula is C21H23FN2. The Hall–Kier alpha value is -2.31. The molecule has 0 unspecified atom stereocenters. The Bertz CT molecular complexity index is 735. The predicted octanol–water partition coefficient (Wildman–Crippen LogP) is 3.84. The molecule has 0 radical (unpaired) electrons. The average molecular weight is 322 g/mol. The first-order chi connectivity index (χ1) is 11.7. The maximum Gasteiger partial charge on any atom is 0.123 e. The summed E-state index contributed by atoms with van der Waals surface area (Å²) < 4.78 is 13.0. The molecule has 0 amide bonds. The molecule has 2 aromatic carbocycles. The van der Waals surface area contributed by atoms with Crippen molar-refractivity contribution in [1.29, 1.82) is 0 Å². The molecule has 0 bridgehead atoms. The monoisotopic (exact) mass is 322 g/mol. The van der Waals surface area contributed by atoms with Gasteiger partial charge in [-0.25, -0.2) is 4.39 Å². The van der Waals surface area contributed by atoms with Crippen molar-refractivity contribution in [2.75, 3.05) is 25.4 Å². The van der Waals surface area contributed by atoms with Gasteiger partial charge in [0.25, 0.3) is 0 Å². The summed E-state index contributed by atoms with van der Waals surface area (Å²) in [6.45, 7) is 3.46. The second-order valence-electron chi connectivity index (χ2n) is 6.33. The van der Waals surface area contributed by atoms with E-state index in [2.05, 4.69) is 22.8 Å². The number of hydrogen-bond acceptors (Lipinski definition) is 2. The van der Waals surface area contributed by atoms with Gasteiger partial charge in [-0.3, -0.25) is 0 Å². The molecule has 3 heteroatoms. The highest BCUT2D eigenvalue weighted by Gasteiger charge is 2.10. The third-order valence-corrected chi connectivity index (χ3v) is 4.47. The lowest BCUT2D eigenvalue weighted by Gasteiger charge is -2.26. The molecule has 124 valence electrons. The van der Waals surface area contributed by atoms with Crippen LogP contribution in [0.3, 0.4) is 0 Å². The smallest absolute Gasteiger partial charge is 0.123 e. The number of piperidine rings is 1. The van der Waals surface area contributed by atoms with Crippen LogP contribution in [0.1, 0.15) is 36.0 Å². The summed E-state index contributed by atoms with van der Waals surface area (Å²) in [7, 11) is 0. The van der Waals surface area contributed by atoms with Crippen molar-refractivity contribution >= 4 is 5.69 Å². The van der Waals surface area contributed by atoms with Gasteiger partial charge in [-0.2, -0.15) is 0 Å². The van der Waals surface area contributed by atoms with Gasteiger partial charge in [0.05, 0.1) is 0 Å². The lowest BCUT2D eigenvalue weighted by atomic mass is 10.0. The highest BCUT2D eigenvalue weighted by Crippen LogP contribution is 2.16. The fourth-order valence-electron chi connectivity index (χ4n) is 3.06. The first kappa shape index (κ1) is 16.5. The summed E-state index contributed by atoms with van der Waals surface area (Å²) in [6, 6.07) is 12.2. The van der Waals surface area contributed by atoms with Gasteiger partial charge in [-0.1, -0.05) is 24.3 Å². The molecule has 1 aliphatic rings. The highest BCUT2D eigenvalue weighted by molar-refractivity contribution is 5.53. The van der Waals surface area contributed by atoms with Gasteiger partial charge in [-0.05, 0) is 74.3 Å². The molecule has 2 aromatic rings. The van der Waals surface area contributed by atoms with Crippen molar-refractivity contribution < 1.29 is 4.39 Å². The van der Waals surface area contributed by atoms with Crippen LogP contribution in [0.25, 0.3) is 0 Å². The second-order valence-corrected chi connectivity index (χ2v) is 6.33. The summed E-state index contributed by atoms with van der Waals surface area (Å²) in [4.78, 5) is 2.52. The Kier molecular flexibility index (Phi) is 5.51. The zero-order valence-corrected chi connectivity index (χ0v) is 13.9. The van der Waals surface area contributed by atoms with Gasteiger partial charge in [0.15, 0.2) is 0 Å². The van der Waals surface area contributed by atoms with Crippen LogP contribution in [-0.4, -0.2) is 24.5 Å². The number of hydrogen-bond donors (Lipinski definition) is 1. The van der Waals surface area contributed by atoms with Crippen LogP contribution in [-0.2, 0) is 6.42 Å². The molecule has 1 fully saturated rings. The van der Waals surface area contributed by atoms with Crippen LogP contribution >= 0.6 is 0 Å². The van der Waals surface area contributed by atoms with E-state index in [9.17, 15) is 4.39 Å². The molecule has 0 aliphatic carbocycles. The quantitative estimate of drug-likeness (QED) is 0.687.